The molecule has 9 heteroatoms. The zero-order valence-electron chi connectivity index (χ0n) is 19.1. The van der Waals surface area contributed by atoms with Gasteiger partial charge in [-0.25, -0.2) is 0 Å². The topological polar surface area (TPSA) is 102 Å². The summed E-state index contributed by atoms with van der Waals surface area (Å²) in [6.45, 7) is 11.8. The molecule has 170 valence electrons. The number of hydrogen-bond donors (Lipinski definition) is 1. The lowest BCUT2D eigenvalue weighted by molar-refractivity contribution is -0.172. The molecule has 2 atom stereocenters. The SMILES string of the molecule is CCOC(=O)CC(=O)COC1C(NC(=O)c2ccccc2)C(=O)N1[Si](C)(C)C(C)(C)C. The summed E-state index contributed by atoms with van der Waals surface area (Å²) in [6.07, 6.45) is -1.16. The van der Waals surface area contributed by atoms with E-state index in [1.54, 1.807) is 41.8 Å². The number of carbonyl (C=O) groups is 4. The molecule has 1 heterocycles. The van der Waals surface area contributed by atoms with E-state index >= 15 is 0 Å². The molecular weight excluding hydrogens is 416 g/mol. The quantitative estimate of drug-likeness (QED) is 0.270. The molecule has 0 spiro atoms. The molecule has 2 amide bonds. The molecule has 0 aromatic heterocycles. The van der Waals surface area contributed by atoms with Gasteiger partial charge in [-0.1, -0.05) is 52.1 Å². The van der Waals surface area contributed by atoms with E-state index in [0.717, 1.165) is 0 Å². The number of carbonyl (C=O) groups excluding carboxylic acids is 4. The third-order valence-corrected chi connectivity index (χ3v) is 11.2. The summed E-state index contributed by atoms with van der Waals surface area (Å²) in [5.74, 6) is -1.67. The molecule has 0 aliphatic carbocycles. The van der Waals surface area contributed by atoms with E-state index in [-0.39, 0.29) is 30.1 Å². The number of benzene rings is 1. The maximum atomic E-state index is 13.0. The van der Waals surface area contributed by atoms with E-state index in [4.69, 9.17) is 9.47 Å². The molecule has 1 N–H and O–H groups in total. The van der Waals surface area contributed by atoms with Crippen molar-refractivity contribution in [2.24, 2.45) is 0 Å². The van der Waals surface area contributed by atoms with Gasteiger partial charge in [0.25, 0.3) is 5.91 Å². The van der Waals surface area contributed by atoms with Crippen LogP contribution in [0.4, 0.5) is 0 Å². The normalized spacial score (nSPS) is 18.9. The number of rotatable bonds is 9. The Balaban J connectivity index is 2.16. The molecule has 2 rings (SSSR count). The number of hydrogen-bond acceptors (Lipinski definition) is 6. The number of ether oxygens (including phenoxy) is 2. The van der Waals surface area contributed by atoms with Crippen LogP contribution >= 0.6 is 0 Å². The predicted octanol–water partition coefficient (Wildman–Crippen LogP) is 2.50. The van der Waals surface area contributed by atoms with Crippen molar-refractivity contribution in [1.29, 1.82) is 0 Å². The van der Waals surface area contributed by atoms with E-state index in [1.165, 1.54) is 0 Å². The Labute approximate surface area is 184 Å². The van der Waals surface area contributed by atoms with E-state index in [1.807, 2.05) is 0 Å². The number of amides is 2. The number of ketones is 1. The van der Waals surface area contributed by atoms with Crippen LogP contribution in [-0.2, 0) is 23.9 Å². The second-order valence-corrected chi connectivity index (χ2v) is 14.2. The van der Waals surface area contributed by atoms with Gasteiger partial charge in [-0.05, 0) is 24.1 Å². The van der Waals surface area contributed by atoms with Crippen LogP contribution in [0.5, 0.6) is 0 Å². The summed E-state index contributed by atoms with van der Waals surface area (Å²) in [7, 11) is -2.33. The van der Waals surface area contributed by atoms with Gasteiger partial charge in [0, 0.05) is 5.56 Å². The van der Waals surface area contributed by atoms with Gasteiger partial charge < -0.3 is 19.4 Å². The molecule has 1 aliphatic rings. The van der Waals surface area contributed by atoms with Gasteiger partial charge in [0.2, 0.25) is 5.91 Å². The molecule has 1 aromatic rings. The summed E-state index contributed by atoms with van der Waals surface area (Å²) in [5, 5.41) is 2.58. The fourth-order valence-electron chi connectivity index (χ4n) is 3.14. The van der Waals surface area contributed by atoms with Crippen LogP contribution in [0, 0.1) is 0 Å². The van der Waals surface area contributed by atoms with Gasteiger partial charge in [-0.3, -0.25) is 19.2 Å². The zero-order chi connectivity index (χ0) is 23.4. The summed E-state index contributed by atoms with van der Waals surface area (Å²) >= 11 is 0. The molecule has 1 aliphatic heterocycles. The van der Waals surface area contributed by atoms with Crippen molar-refractivity contribution in [3.63, 3.8) is 0 Å². The van der Waals surface area contributed by atoms with E-state index in [9.17, 15) is 19.2 Å². The van der Waals surface area contributed by atoms with Gasteiger partial charge >= 0.3 is 5.97 Å². The smallest absolute Gasteiger partial charge is 0.313 e. The molecular formula is C22H32N2O6Si. The summed E-state index contributed by atoms with van der Waals surface area (Å²) in [4.78, 5) is 49.3. The van der Waals surface area contributed by atoms with Crippen molar-refractivity contribution in [3.8, 4) is 0 Å². The van der Waals surface area contributed by atoms with E-state index < -0.39 is 38.7 Å². The van der Waals surface area contributed by atoms with E-state index in [0.29, 0.717) is 5.56 Å². The maximum absolute atomic E-state index is 13.0. The fourth-order valence-corrected chi connectivity index (χ4v) is 5.41. The highest BCUT2D eigenvalue weighted by Gasteiger charge is 2.58. The highest BCUT2D eigenvalue weighted by molar-refractivity contribution is 6.80. The van der Waals surface area contributed by atoms with Crippen LogP contribution in [0.3, 0.4) is 0 Å². The zero-order valence-corrected chi connectivity index (χ0v) is 20.1. The van der Waals surface area contributed by atoms with Crippen molar-refractivity contribution >= 4 is 31.8 Å². The van der Waals surface area contributed by atoms with Crippen LogP contribution in [0.15, 0.2) is 30.3 Å². The molecule has 1 saturated heterocycles. The third kappa shape index (κ3) is 5.59. The number of nitrogens with zero attached hydrogens (tertiary/aromatic N) is 1. The number of esters is 1. The minimum Gasteiger partial charge on any atom is -0.466 e. The Hall–Kier alpha value is -2.52. The molecule has 1 fully saturated rings. The molecule has 31 heavy (non-hydrogen) atoms. The fraction of sp³-hybridized carbons (Fsp3) is 0.545. The first-order valence-corrected chi connectivity index (χ1v) is 13.3. The van der Waals surface area contributed by atoms with Crippen LogP contribution in [0.2, 0.25) is 18.1 Å². The summed E-state index contributed by atoms with van der Waals surface area (Å²) in [6, 6.07) is 7.69. The Kier molecular flexibility index (Phi) is 7.77. The monoisotopic (exact) mass is 448 g/mol. The molecule has 0 radical (unpaired) electrons. The van der Waals surface area contributed by atoms with Crippen LogP contribution < -0.4 is 5.32 Å². The Morgan fingerprint density at radius 1 is 1.13 bits per heavy atom. The molecule has 2 unspecified atom stereocenters. The number of β-lactam (4-membered cyclic amide) rings is 1. The first-order chi connectivity index (χ1) is 14.4. The highest BCUT2D eigenvalue weighted by Crippen LogP contribution is 2.43. The first kappa shape index (κ1) is 24.7. The van der Waals surface area contributed by atoms with Crippen molar-refractivity contribution in [3.05, 3.63) is 35.9 Å². The van der Waals surface area contributed by atoms with Crippen molar-refractivity contribution in [2.45, 2.75) is 64.5 Å². The van der Waals surface area contributed by atoms with Gasteiger partial charge in [0.1, 0.15) is 13.0 Å². The lowest BCUT2D eigenvalue weighted by atomic mass is 10.1. The van der Waals surface area contributed by atoms with Crippen molar-refractivity contribution < 1.29 is 28.7 Å². The van der Waals surface area contributed by atoms with Gasteiger partial charge in [-0.2, -0.15) is 0 Å². The third-order valence-electron chi connectivity index (χ3n) is 5.87. The summed E-state index contributed by atoms with van der Waals surface area (Å²) in [5.41, 5.74) is 0.429. The van der Waals surface area contributed by atoms with Crippen LogP contribution in [0.1, 0.15) is 44.5 Å². The highest BCUT2D eigenvalue weighted by atomic mass is 28.3. The first-order valence-electron chi connectivity index (χ1n) is 10.4. The standard InChI is InChI=1S/C22H32N2O6Si/c1-7-29-17(26)13-16(25)14-30-21-18(23-19(27)15-11-9-8-10-12-15)20(28)24(21)31(5,6)22(2,3)4/h8-12,18,21H,7,13-14H2,1-6H3,(H,23,27). The molecule has 0 saturated carbocycles. The largest absolute Gasteiger partial charge is 0.466 e. The van der Waals surface area contributed by atoms with Gasteiger partial charge in [0.15, 0.2) is 26.3 Å². The maximum Gasteiger partial charge on any atom is 0.313 e. The second kappa shape index (κ2) is 9.74. The number of nitrogens with one attached hydrogen (secondary N) is 1. The van der Waals surface area contributed by atoms with Gasteiger partial charge in [0.05, 0.1) is 6.61 Å². The molecule has 1 aromatic carbocycles. The van der Waals surface area contributed by atoms with E-state index in [2.05, 4.69) is 39.2 Å². The minimum atomic E-state index is -2.33. The Bertz CT molecular complexity index is 834. The summed E-state index contributed by atoms with van der Waals surface area (Å²) < 4.78 is 12.3. The molecule has 8 nitrogen and oxygen atoms in total. The average Bonchev–Trinajstić information content (AvgIpc) is 2.68. The van der Waals surface area contributed by atoms with Crippen molar-refractivity contribution in [2.75, 3.05) is 13.2 Å². The minimum absolute atomic E-state index is 0.159. The average molecular weight is 449 g/mol. The molecule has 0 bridgehead atoms. The lowest BCUT2D eigenvalue weighted by Crippen LogP contribution is -2.79. The Morgan fingerprint density at radius 3 is 2.29 bits per heavy atom. The predicted molar refractivity (Wildman–Crippen MR) is 118 cm³/mol. The van der Waals surface area contributed by atoms with Gasteiger partial charge in [-0.15, -0.1) is 0 Å². The van der Waals surface area contributed by atoms with Crippen LogP contribution in [-0.4, -0.2) is 61.9 Å². The Morgan fingerprint density at radius 2 is 1.74 bits per heavy atom. The van der Waals surface area contributed by atoms with Crippen molar-refractivity contribution in [1.82, 2.24) is 9.88 Å². The second-order valence-electron chi connectivity index (χ2n) is 9.06. The lowest BCUT2D eigenvalue weighted by Gasteiger charge is -2.57. The van der Waals surface area contributed by atoms with Crippen LogP contribution in [0.25, 0.3) is 0 Å². The number of Topliss-reactive ketones (excluding diaryl/α,β-unsaturated/α-hetero) is 1.